The molecule has 2 aromatic carbocycles. The highest BCUT2D eigenvalue weighted by Gasteiger charge is 2.45. The smallest absolute Gasteiger partial charge is 0.319 e. The van der Waals surface area contributed by atoms with Gasteiger partial charge in [-0.3, -0.25) is 4.90 Å². The summed E-state index contributed by atoms with van der Waals surface area (Å²) in [4.78, 5) is 17.0. The van der Waals surface area contributed by atoms with Crippen molar-refractivity contribution in [3.63, 3.8) is 0 Å². The Morgan fingerprint density at radius 1 is 0.895 bits per heavy atom. The number of piperazine rings is 1. The summed E-state index contributed by atoms with van der Waals surface area (Å²) >= 11 is 0. The average molecular weight is 516 g/mol. The number of hydrogen-bond donors (Lipinski definition) is 0. The van der Waals surface area contributed by atoms with Crippen molar-refractivity contribution in [3.8, 4) is 17.1 Å². The lowest BCUT2D eigenvalue weighted by molar-refractivity contribution is 0.108. The lowest BCUT2D eigenvalue weighted by Crippen LogP contribution is -2.45. The number of fused-ring (bicyclic) bond motifs is 3. The molecule has 3 fully saturated rings. The van der Waals surface area contributed by atoms with Crippen LogP contribution in [0.4, 0.5) is 10.2 Å². The van der Waals surface area contributed by atoms with Crippen LogP contribution in [-0.4, -0.2) is 78.2 Å². The molecule has 3 aliphatic heterocycles. The quantitative estimate of drug-likeness (QED) is 0.473. The van der Waals surface area contributed by atoms with Gasteiger partial charge in [-0.25, -0.2) is 4.39 Å². The Morgan fingerprint density at radius 2 is 1.68 bits per heavy atom. The van der Waals surface area contributed by atoms with E-state index in [4.69, 9.17) is 14.7 Å². The topological polar surface area (TPSA) is 44.7 Å². The zero-order chi connectivity index (χ0) is 25.7. The first-order chi connectivity index (χ1) is 18.6. The van der Waals surface area contributed by atoms with E-state index in [1.165, 1.54) is 56.3 Å². The second-order valence-corrected chi connectivity index (χ2v) is 11.8. The molecule has 0 amide bonds. The van der Waals surface area contributed by atoms with Gasteiger partial charge in [-0.1, -0.05) is 18.2 Å². The van der Waals surface area contributed by atoms with Crippen molar-refractivity contribution in [2.75, 3.05) is 57.8 Å². The first-order valence-electron chi connectivity index (χ1n) is 14.5. The molecule has 200 valence electrons. The number of ether oxygens (including phenoxy) is 1. The molecule has 0 N–H and O–H groups in total. The molecule has 0 radical (unpaired) electrons. The van der Waals surface area contributed by atoms with Gasteiger partial charge in [-0.05, 0) is 100 Å². The van der Waals surface area contributed by atoms with E-state index in [2.05, 4.69) is 39.9 Å². The van der Waals surface area contributed by atoms with Crippen molar-refractivity contribution in [1.82, 2.24) is 19.8 Å². The fraction of sp³-hybridized carbons (Fsp3) is 0.548. The number of nitrogens with zero attached hydrogens (tertiary/aromatic N) is 5. The molecule has 38 heavy (non-hydrogen) atoms. The fourth-order valence-corrected chi connectivity index (χ4v) is 7.34. The van der Waals surface area contributed by atoms with Crippen LogP contribution < -0.4 is 9.64 Å². The minimum absolute atomic E-state index is 0.128. The minimum atomic E-state index is -0.199. The molecule has 7 heteroatoms. The van der Waals surface area contributed by atoms with Crippen LogP contribution in [0.1, 0.15) is 49.7 Å². The number of aryl methyl sites for hydroxylation is 1. The van der Waals surface area contributed by atoms with E-state index in [0.717, 1.165) is 67.7 Å². The van der Waals surface area contributed by atoms with E-state index in [9.17, 15) is 0 Å². The summed E-state index contributed by atoms with van der Waals surface area (Å²) in [5.41, 5.74) is 5.19. The van der Waals surface area contributed by atoms with Crippen LogP contribution in [0.15, 0.2) is 30.3 Å². The van der Waals surface area contributed by atoms with Crippen molar-refractivity contribution in [2.45, 2.75) is 56.9 Å². The molecule has 4 aliphatic rings. The third-order valence-electron chi connectivity index (χ3n) is 9.51. The molecule has 7 rings (SSSR count). The Hall–Kier alpha value is -2.77. The highest BCUT2D eigenvalue weighted by Crippen LogP contribution is 2.40. The maximum Gasteiger partial charge on any atom is 0.319 e. The van der Waals surface area contributed by atoms with Crippen LogP contribution in [0.25, 0.3) is 22.0 Å². The largest absolute Gasteiger partial charge is 0.461 e. The first-order valence-corrected chi connectivity index (χ1v) is 14.5. The molecule has 1 aliphatic carbocycles. The molecule has 0 bridgehead atoms. The van der Waals surface area contributed by atoms with Crippen molar-refractivity contribution in [2.24, 2.45) is 0 Å². The summed E-state index contributed by atoms with van der Waals surface area (Å²) in [6, 6.07) is 10.4. The zero-order valence-corrected chi connectivity index (χ0v) is 22.5. The lowest BCUT2D eigenvalue weighted by atomic mass is 9.85. The van der Waals surface area contributed by atoms with Crippen LogP contribution in [-0.2, 0) is 12.8 Å². The van der Waals surface area contributed by atoms with Crippen molar-refractivity contribution >= 4 is 16.7 Å². The Labute approximate surface area is 224 Å². The Morgan fingerprint density at radius 3 is 2.50 bits per heavy atom. The minimum Gasteiger partial charge on any atom is -0.461 e. The van der Waals surface area contributed by atoms with Crippen LogP contribution >= 0.6 is 0 Å². The van der Waals surface area contributed by atoms with E-state index in [1.54, 1.807) is 6.07 Å². The standard InChI is InChI=1S/C31H38FN5O/c1-35-15-17-36(18-16-35)29-26-19-27(32)25(24-10-4-8-22-7-2-3-9-23(22)24)20-28(26)33-30(34-29)38-21-31-11-5-13-37(31)14-6-12-31/h4,8,10,19-20H,2-3,5-7,9,11-18,21H2,1H3. The molecular weight excluding hydrogens is 477 g/mol. The predicted molar refractivity (Wildman–Crippen MR) is 150 cm³/mol. The van der Waals surface area contributed by atoms with Crippen molar-refractivity contribution in [3.05, 3.63) is 47.3 Å². The van der Waals surface area contributed by atoms with E-state index >= 15 is 4.39 Å². The number of halogens is 1. The number of anilines is 1. The van der Waals surface area contributed by atoms with Gasteiger partial charge in [-0.2, -0.15) is 9.97 Å². The Kier molecular flexibility index (Phi) is 6.24. The molecule has 0 saturated carbocycles. The second-order valence-electron chi connectivity index (χ2n) is 11.8. The van der Waals surface area contributed by atoms with Crippen LogP contribution in [0.2, 0.25) is 0 Å². The number of benzene rings is 2. The molecule has 0 unspecified atom stereocenters. The third kappa shape index (κ3) is 4.24. The van der Waals surface area contributed by atoms with Gasteiger partial charge in [0.2, 0.25) is 0 Å². The summed E-state index contributed by atoms with van der Waals surface area (Å²) in [5, 5.41) is 0.773. The number of rotatable bonds is 5. The monoisotopic (exact) mass is 515 g/mol. The normalized spacial score (nSPS) is 21.6. The third-order valence-corrected chi connectivity index (χ3v) is 9.51. The highest BCUT2D eigenvalue weighted by atomic mass is 19.1. The average Bonchev–Trinajstić information content (AvgIpc) is 3.52. The highest BCUT2D eigenvalue weighted by molar-refractivity contribution is 5.93. The zero-order valence-electron chi connectivity index (χ0n) is 22.5. The Balaban J connectivity index is 1.30. The molecule has 0 spiro atoms. The number of aromatic nitrogens is 2. The fourth-order valence-electron chi connectivity index (χ4n) is 7.34. The molecule has 4 heterocycles. The van der Waals surface area contributed by atoms with E-state index < -0.39 is 0 Å². The number of hydrogen-bond acceptors (Lipinski definition) is 6. The number of likely N-dealkylation sites (N-methyl/N-ethyl adjacent to an activating group) is 1. The van der Waals surface area contributed by atoms with Gasteiger partial charge < -0.3 is 14.5 Å². The van der Waals surface area contributed by atoms with Gasteiger partial charge in [0.1, 0.15) is 18.2 Å². The van der Waals surface area contributed by atoms with Crippen LogP contribution in [0, 0.1) is 5.82 Å². The maximum absolute atomic E-state index is 15.9. The first kappa shape index (κ1) is 24.3. The second kappa shape index (κ2) is 9.76. The summed E-state index contributed by atoms with van der Waals surface area (Å²) < 4.78 is 22.3. The molecule has 6 nitrogen and oxygen atoms in total. The van der Waals surface area contributed by atoms with E-state index in [0.29, 0.717) is 18.2 Å². The summed E-state index contributed by atoms with van der Waals surface area (Å²) in [6.45, 7) is 6.58. The predicted octanol–water partition coefficient (Wildman–Crippen LogP) is 5.07. The van der Waals surface area contributed by atoms with E-state index in [-0.39, 0.29) is 11.4 Å². The maximum atomic E-state index is 15.9. The van der Waals surface area contributed by atoms with Gasteiger partial charge >= 0.3 is 6.01 Å². The molecule has 3 saturated heterocycles. The molecule has 3 aromatic rings. The van der Waals surface area contributed by atoms with Crippen molar-refractivity contribution in [1.29, 1.82) is 0 Å². The van der Waals surface area contributed by atoms with Gasteiger partial charge in [0.15, 0.2) is 0 Å². The van der Waals surface area contributed by atoms with Crippen molar-refractivity contribution < 1.29 is 9.13 Å². The molecule has 1 aromatic heterocycles. The SMILES string of the molecule is CN1CCN(c2nc(OCC34CCCN3CCC4)nc3cc(-c4cccc5c4CCCC5)c(F)cc23)CC1. The summed E-state index contributed by atoms with van der Waals surface area (Å²) in [5.74, 6) is 0.599. The van der Waals surface area contributed by atoms with Gasteiger partial charge in [-0.15, -0.1) is 0 Å². The van der Waals surface area contributed by atoms with Crippen LogP contribution in [0.5, 0.6) is 6.01 Å². The summed E-state index contributed by atoms with van der Waals surface area (Å²) in [6.07, 6.45) is 9.28. The van der Waals surface area contributed by atoms with Gasteiger partial charge in [0.25, 0.3) is 0 Å². The van der Waals surface area contributed by atoms with Gasteiger partial charge in [0.05, 0.1) is 11.1 Å². The molecular formula is C31H38FN5O. The summed E-state index contributed by atoms with van der Waals surface area (Å²) in [7, 11) is 2.14. The molecule has 0 atom stereocenters. The van der Waals surface area contributed by atoms with Crippen LogP contribution in [0.3, 0.4) is 0 Å². The lowest BCUT2D eigenvalue weighted by Gasteiger charge is -2.34. The van der Waals surface area contributed by atoms with E-state index in [1.807, 2.05) is 6.07 Å². The Bertz CT molecular complexity index is 1340. The van der Waals surface area contributed by atoms with Gasteiger partial charge in [0, 0.05) is 37.1 Å².